The molecule has 2 heterocycles. The number of piperazine rings is 1. The Hall–Kier alpha value is -1.64. The molecule has 1 saturated heterocycles. The van der Waals surface area contributed by atoms with E-state index in [1.807, 2.05) is 24.3 Å². The van der Waals surface area contributed by atoms with Gasteiger partial charge in [0, 0.05) is 30.7 Å². The van der Waals surface area contributed by atoms with Crippen LogP contribution < -0.4 is 5.32 Å². The van der Waals surface area contributed by atoms with E-state index in [2.05, 4.69) is 20.4 Å². The van der Waals surface area contributed by atoms with Crippen molar-refractivity contribution in [1.29, 1.82) is 0 Å². The summed E-state index contributed by atoms with van der Waals surface area (Å²) in [5.74, 6) is -0.171. The molecular weight excluding hydrogens is 345 g/mol. The van der Waals surface area contributed by atoms with Crippen LogP contribution in [0.2, 0.25) is 5.02 Å². The molecule has 1 fully saturated rings. The van der Waals surface area contributed by atoms with Crippen molar-refractivity contribution in [2.24, 2.45) is 0 Å². The summed E-state index contributed by atoms with van der Waals surface area (Å²) in [4.78, 5) is 5.92. The maximum Gasteiger partial charge on any atom is 0.396 e. The van der Waals surface area contributed by atoms with E-state index in [4.69, 9.17) is 16.1 Å². The van der Waals surface area contributed by atoms with Crippen LogP contribution in [-0.2, 0) is 13.0 Å². The molecule has 1 unspecified atom stereocenters. The summed E-state index contributed by atoms with van der Waals surface area (Å²) in [7, 11) is 0. The quantitative estimate of drug-likeness (QED) is 0.908. The lowest BCUT2D eigenvalue weighted by Gasteiger charge is -2.35. The molecule has 1 aromatic carbocycles. The molecule has 1 aliphatic heterocycles. The van der Waals surface area contributed by atoms with Gasteiger partial charge in [-0.05, 0) is 11.6 Å². The summed E-state index contributed by atoms with van der Waals surface area (Å²) < 4.78 is 42.1. The Labute approximate surface area is 141 Å². The van der Waals surface area contributed by atoms with Gasteiger partial charge in [0.15, 0.2) is 5.82 Å². The van der Waals surface area contributed by atoms with Gasteiger partial charge >= 0.3 is 6.18 Å². The van der Waals surface area contributed by atoms with E-state index >= 15 is 0 Å². The van der Waals surface area contributed by atoms with E-state index in [1.54, 1.807) is 0 Å². The van der Waals surface area contributed by atoms with Crippen LogP contribution in [0.3, 0.4) is 0 Å². The molecule has 0 amide bonds. The molecule has 0 radical (unpaired) electrons. The van der Waals surface area contributed by atoms with Crippen LogP contribution in [0, 0.1) is 0 Å². The van der Waals surface area contributed by atoms with Crippen molar-refractivity contribution in [3.63, 3.8) is 0 Å². The van der Waals surface area contributed by atoms with E-state index < -0.39 is 12.6 Å². The summed E-state index contributed by atoms with van der Waals surface area (Å²) in [6.07, 6.45) is -5.54. The number of hydrogen-bond acceptors (Lipinski definition) is 5. The van der Waals surface area contributed by atoms with Crippen molar-refractivity contribution in [1.82, 2.24) is 20.4 Å². The molecule has 0 aliphatic carbocycles. The topological polar surface area (TPSA) is 54.2 Å². The maximum atomic E-state index is 12.4. The van der Waals surface area contributed by atoms with Crippen LogP contribution in [0.1, 0.15) is 23.3 Å². The first-order valence-corrected chi connectivity index (χ1v) is 7.87. The zero-order valence-corrected chi connectivity index (χ0v) is 13.4. The van der Waals surface area contributed by atoms with Crippen molar-refractivity contribution in [3.8, 4) is 0 Å². The Balaban J connectivity index is 1.74. The van der Waals surface area contributed by atoms with Gasteiger partial charge in [-0.25, -0.2) is 0 Å². The number of hydrogen-bond donors (Lipinski definition) is 1. The lowest BCUT2D eigenvalue weighted by Crippen LogP contribution is -2.45. The Morgan fingerprint density at radius 3 is 2.88 bits per heavy atom. The molecule has 0 bridgehead atoms. The Kier molecular flexibility index (Phi) is 5.07. The normalized spacial score (nSPS) is 19.6. The molecule has 3 rings (SSSR count). The Morgan fingerprint density at radius 1 is 1.33 bits per heavy atom. The third-order valence-corrected chi connectivity index (χ3v) is 4.17. The van der Waals surface area contributed by atoms with Gasteiger partial charge in [-0.1, -0.05) is 35.0 Å². The molecule has 0 saturated carbocycles. The highest BCUT2D eigenvalue weighted by molar-refractivity contribution is 6.31. The highest BCUT2D eigenvalue weighted by Crippen LogP contribution is 2.29. The van der Waals surface area contributed by atoms with Crippen LogP contribution in [0.4, 0.5) is 13.2 Å². The zero-order chi connectivity index (χ0) is 17.2. The number of nitrogens with one attached hydrogen (secondary N) is 1. The van der Waals surface area contributed by atoms with E-state index in [1.165, 1.54) is 0 Å². The van der Waals surface area contributed by atoms with Crippen LogP contribution in [0.25, 0.3) is 0 Å². The van der Waals surface area contributed by atoms with Gasteiger partial charge in [0.2, 0.25) is 5.89 Å². The SMILES string of the molecule is FC(F)(F)Cc1noc(CN2CCNCC2c2ccccc2Cl)n1. The van der Waals surface area contributed by atoms with Crippen molar-refractivity contribution in [3.05, 3.63) is 46.6 Å². The molecule has 1 aliphatic rings. The predicted molar refractivity (Wildman–Crippen MR) is 81.5 cm³/mol. The number of benzene rings is 1. The lowest BCUT2D eigenvalue weighted by atomic mass is 10.0. The smallest absolute Gasteiger partial charge is 0.338 e. The highest BCUT2D eigenvalue weighted by Gasteiger charge is 2.31. The van der Waals surface area contributed by atoms with E-state index in [0.29, 0.717) is 18.1 Å². The van der Waals surface area contributed by atoms with Crippen LogP contribution in [0.15, 0.2) is 28.8 Å². The summed E-state index contributed by atoms with van der Waals surface area (Å²) >= 11 is 6.27. The fourth-order valence-corrected chi connectivity index (χ4v) is 3.03. The van der Waals surface area contributed by atoms with Crippen LogP contribution in [0.5, 0.6) is 0 Å². The van der Waals surface area contributed by atoms with Gasteiger partial charge in [-0.15, -0.1) is 0 Å². The molecule has 2 aromatic rings. The fraction of sp³-hybridized carbons (Fsp3) is 0.467. The number of aromatic nitrogens is 2. The standard InChI is InChI=1S/C15H16ClF3N4O/c16-11-4-2-1-3-10(11)12-8-20-5-6-23(12)9-14-21-13(22-24-14)7-15(17,18)19/h1-4,12,20H,5-9H2. The largest absolute Gasteiger partial charge is 0.396 e. The molecule has 9 heteroatoms. The summed E-state index contributed by atoms with van der Waals surface area (Å²) in [6, 6.07) is 7.51. The van der Waals surface area contributed by atoms with Gasteiger partial charge in [-0.3, -0.25) is 4.90 Å². The van der Waals surface area contributed by atoms with Crippen molar-refractivity contribution < 1.29 is 17.7 Å². The van der Waals surface area contributed by atoms with Gasteiger partial charge in [-0.2, -0.15) is 18.2 Å². The van der Waals surface area contributed by atoms with E-state index in [0.717, 1.165) is 12.1 Å². The average molecular weight is 361 g/mol. The predicted octanol–water partition coefficient (Wildman–Crippen LogP) is 2.97. The minimum absolute atomic E-state index is 0.00887. The Bertz CT molecular complexity index is 691. The molecule has 1 aromatic heterocycles. The van der Waals surface area contributed by atoms with Crippen molar-refractivity contribution in [2.75, 3.05) is 19.6 Å². The second-order valence-electron chi connectivity index (χ2n) is 5.61. The number of alkyl halides is 3. The Morgan fingerprint density at radius 2 is 2.12 bits per heavy atom. The highest BCUT2D eigenvalue weighted by atomic mass is 35.5. The van der Waals surface area contributed by atoms with Gasteiger partial charge < -0.3 is 9.84 Å². The van der Waals surface area contributed by atoms with Gasteiger partial charge in [0.05, 0.1) is 6.54 Å². The van der Waals surface area contributed by atoms with Gasteiger partial charge in [0.25, 0.3) is 0 Å². The average Bonchev–Trinajstić information content (AvgIpc) is 2.93. The minimum atomic E-state index is -4.35. The molecule has 1 N–H and O–H groups in total. The molecular formula is C15H16ClF3N4O. The summed E-state index contributed by atoms with van der Waals surface area (Å²) in [5.41, 5.74) is 0.960. The number of nitrogens with zero attached hydrogens (tertiary/aromatic N) is 3. The minimum Gasteiger partial charge on any atom is -0.338 e. The first kappa shape index (κ1) is 17.2. The molecule has 130 valence electrons. The summed E-state index contributed by atoms with van der Waals surface area (Å²) in [5, 5.41) is 7.36. The second kappa shape index (κ2) is 7.08. The van der Waals surface area contributed by atoms with E-state index in [-0.39, 0.29) is 24.3 Å². The molecule has 1 atom stereocenters. The fourth-order valence-electron chi connectivity index (χ4n) is 2.77. The second-order valence-corrected chi connectivity index (χ2v) is 6.02. The summed E-state index contributed by atoms with van der Waals surface area (Å²) in [6.45, 7) is 2.44. The molecule has 5 nitrogen and oxygen atoms in total. The first-order valence-electron chi connectivity index (χ1n) is 7.50. The monoisotopic (exact) mass is 360 g/mol. The van der Waals surface area contributed by atoms with Crippen molar-refractivity contribution >= 4 is 11.6 Å². The molecule has 24 heavy (non-hydrogen) atoms. The molecule has 0 spiro atoms. The van der Waals surface area contributed by atoms with E-state index in [9.17, 15) is 13.2 Å². The third-order valence-electron chi connectivity index (χ3n) is 3.83. The third kappa shape index (κ3) is 4.25. The number of halogens is 4. The lowest BCUT2D eigenvalue weighted by molar-refractivity contribution is -0.128. The van der Waals surface area contributed by atoms with Crippen LogP contribution >= 0.6 is 11.6 Å². The number of rotatable bonds is 4. The van der Waals surface area contributed by atoms with Crippen LogP contribution in [-0.4, -0.2) is 40.9 Å². The first-order chi connectivity index (χ1) is 11.4. The maximum absolute atomic E-state index is 12.4. The zero-order valence-electron chi connectivity index (χ0n) is 12.7. The van der Waals surface area contributed by atoms with Crippen molar-refractivity contribution in [2.45, 2.75) is 25.2 Å². The van der Waals surface area contributed by atoms with Gasteiger partial charge in [0.1, 0.15) is 6.42 Å².